The van der Waals surface area contributed by atoms with Crippen molar-refractivity contribution in [1.29, 1.82) is 0 Å². The van der Waals surface area contributed by atoms with Gasteiger partial charge in [0, 0.05) is 12.5 Å². The Morgan fingerprint density at radius 1 is 1.18 bits per heavy atom. The van der Waals surface area contributed by atoms with Crippen LogP contribution in [-0.2, 0) is 4.74 Å². The van der Waals surface area contributed by atoms with E-state index >= 15 is 0 Å². The first-order chi connectivity index (χ1) is 5.23. The highest BCUT2D eigenvalue weighted by molar-refractivity contribution is 6.51. The third-order valence-corrected chi connectivity index (χ3v) is 3.58. The number of rotatable bonds is 0. The average Bonchev–Trinajstić information content (AvgIpc) is 2.29. The third-order valence-electron chi connectivity index (χ3n) is 2.59. The minimum atomic E-state index is -0.551. The Morgan fingerprint density at radius 3 is 2.82 bits per heavy atom. The van der Waals surface area contributed by atoms with Crippen molar-refractivity contribution in [2.75, 3.05) is 6.61 Å². The van der Waals surface area contributed by atoms with Gasteiger partial charge in [0.2, 0.25) is 0 Å². The van der Waals surface area contributed by atoms with Gasteiger partial charge in [-0.3, -0.25) is 0 Å². The van der Waals surface area contributed by atoms with Crippen LogP contribution >= 0.6 is 23.2 Å². The Hall–Kier alpha value is 0.540. The van der Waals surface area contributed by atoms with Gasteiger partial charge in [0.1, 0.15) is 4.33 Å². The zero-order chi connectivity index (χ0) is 7.90. The van der Waals surface area contributed by atoms with Gasteiger partial charge in [-0.25, -0.2) is 0 Å². The van der Waals surface area contributed by atoms with Crippen LogP contribution in [0.2, 0.25) is 0 Å². The summed E-state index contributed by atoms with van der Waals surface area (Å²) >= 11 is 12.0. The Kier molecular flexibility index (Phi) is 2.07. The fourth-order valence-corrected chi connectivity index (χ4v) is 2.53. The van der Waals surface area contributed by atoms with Crippen molar-refractivity contribution in [1.82, 2.24) is 0 Å². The van der Waals surface area contributed by atoms with Gasteiger partial charge < -0.3 is 4.74 Å². The van der Waals surface area contributed by atoms with Crippen molar-refractivity contribution in [3.8, 4) is 0 Å². The van der Waals surface area contributed by atoms with Crippen molar-refractivity contribution in [2.24, 2.45) is 5.92 Å². The summed E-state index contributed by atoms with van der Waals surface area (Å²) in [7, 11) is 0. The highest BCUT2D eigenvalue weighted by atomic mass is 35.5. The second kappa shape index (κ2) is 2.79. The summed E-state index contributed by atoms with van der Waals surface area (Å²) in [5.41, 5.74) is 0. The van der Waals surface area contributed by atoms with Gasteiger partial charge in [0.25, 0.3) is 0 Å². The van der Waals surface area contributed by atoms with Gasteiger partial charge in [-0.1, -0.05) is 36.0 Å². The lowest BCUT2D eigenvalue weighted by molar-refractivity contribution is 0.0955. The van der Waals surface area contributed by atoms with Crippen LogP contribution < -0.4 is 0 Å². The van der Waals surface area contributed by atoms with E-state index < -0.39 is 4.33 Å². The van der Waals surface area contributed by atoms with E-state index in [2.05, 4.69) is 0 Å². The maximum atomic E-state index is 6.00. The molecule has 1 aliphatic carbocycles. The topological polar surface area (TPSA) is 9.23 Å². The second-order valence-corrected chi connectivity index (χ2v) is 4.87. The molecule has 2 aliphatic rings. The van der Waals surface area contributed by atoms with Crippen molar-refractivity contribution in [2.45, 2.75) is 36.1 Å². The van der Waals surface area contributed by atoms with Crippen molar-refractivity contribution in [3.63, 3.8) is 0 Å². The molecule has 1 saturated heterocycles. The summed E-state index contributed by atoms with van der Waals surface area (Å²) in [6, 6.07) is 0. The van der Waals surface area contributed by atoms with Crippen LogP contribution in [0.25, 0.3) is 0 Å². The minimum Gasteiger partial charge on any atom is -0.375 e. The molecule has 1 saturated carbocycles. The molecule has 0 spiro atoms. The van der Waals surface area contributed by atoms with E-state index in [0.29, 0.717) is 5.92 Å². The quantitative estimate of drug-likeness (QED) is 0.540. The first kappa shape index (κ1) is 8.15. The molecule has 3 heteroatoms. The van der Waals surface area contributed by atoms with Crippen molar-refractivity contribution >= 4 is 23.2 Å². The summed E-state index contributed by atoms with van der Waals surface area (Å²) in [5, 5.41) is 0. The molecule has 1 nitrogen and oxygen atoms in total. The molecule has 0 amide bonds. The Bertz CT molecular complexity index is 142. The van der Waals surface area contributed by atoms with E-state index in [9.17, 15) is 0 Å². The number of ether oxygens (including phenoxy) is 1. The maximum Gasteiger partial charge on any atom is 0.149 e. The van der Waals surface area contributed by atoms with Gasteiger partial charge in [-0.05, 0) is 12.8 Å². The molecule has 2 fully saturated rings. The van der Waals surface area contributed by atoms with E-state index in [1.807, 2.05) is 0 Å². The fraction of sp³-hybridized carbons (Fsp3) is 1.00. The molecule has 0 aromatic carbocycles. The third kappa shape index (κ3) is 1.39. The van der Waals surface area contributed by atoms with Crippen molar-refractivity contribution < 1.29 is 4.74 Å². The highest BCUT2D eigenvalue weighted by Crippen LogP contribution is 2.58. The molecule has 0 N–H and O–H groups in total. The lowest BCUT2D eigenvalue weighted by atomic mass is 10.1. The first-order valence-electron chi connectivity index (χ1n) is 4.22. The summed E-state index contributed by atoms with van der Waals surface area (Å²) in [4.78, 5) is 0. The van der Waals surface area contributed by atoms with Gasteiger partial charge in [0.15, 0.2) is 0 Å². The summed E-state index contributed by atoms with van der Waals surface area (Å²) in [6.45, 7) is 0.836. The minimum absolute atomic E-state index is 0.131. The Morgan fingerprint density at radius 2 is 2.00 bits per heavy atom. The first-order valence-corrected chi connectivity index (χ1v) is 4.98. The molecule has 64 valence electrons. The monoisotopic (exact) mass is 194 g/mol. The number of alkyl halides is 2. The molecule has 0 aromatic heterocycles. The molecule has 11 heavy (non-hydrogen) atoms. The standard InChI is InChI=1S/C8H12Cl2O/c9-8(10)6-4-2-1-3-5-11-7(6)8/h6-7H,1-5H2/t6-,7-/m1/s1. The Labute approximate surface area is 77.0 Å². The highest BCUT2D eigenvalue weighted by Gasteiger charge is 2.63. The number of halogens is 2. The van der Waals surface area contributed by atoms with Crippen LogP contribution in [0.5, 0.6) is 0 Å². The van der Waals surface area contributed by atoms with Gasteiger partial charge in [-0.15, -0.1) is 0 Å². The average molecular weight is 195 g/mol. The van der Waals surface area contributed by atoms with E-state index in [1.54, 1.807) is 0 Å². The predicted octanol–water partition coefficient (Wildman–Crippen LogP) is 2.75. The molecule has 2 rings (SSSR count). The summed E-state index contributed by atoms with van der Waals surface area (Å²) < 4.78 is 4.96. The summed E-state index contributed by atoms with van der Waals surface area (Å²) in [5.74, 6) is 0.408. The molecule has 1 aliphatic heterocycles. The van der Waals surface area contributed by atoms with E-state index in [1.165, 1.54) is 12.8 Å². The molecule has 1 heterocycles. The Balaban J connectivity index is 1.95. The van der Waals surface area contributed by atoms with Crippen LogP contribution in [-0.4, -0.2) is 17.0 Å². The van der Waals surface area contributed by atoms with Gasteiger partial charge >= 0.3 is 0 Å². The molecule has 0 radical (unpaired) electrons. The molecule has 2 atom stereocenters. The van der Waals surface area contributed by atoms with Crippen LogP contribution in [0.1, 0.15) is 25.7 Å². The van der Waals surface area contributed by atoms with Gasteiger partial charge in [0.05, 0.1) is 6.10 Å². The number of fused-ring (bicyclic) bond motifs is 1. The maximum absolute atomic E-state index is 6.00. The fourth-order valence-electron chi connectivity index (χ4n) is 1.78. The van der Waals surface area contributed by atoms with Gasteiger partial charge in [-0.2, -0.15) is 0 Å². The smallest absolute Gasteiger partial charge is 0.149 e. The summed E-state index contributed by atoms with van der Waals surface area (Å²) in [6.07, 6.45) is 4.94. The van der Waals surface area contributed by atoms with Crippen LogP contribution in [0.15, 0.2) is 0 Å². The molecule has 0 bridgehead atoms. The molecule has 0 aromatic rings. The normalized spacial score (nSPS) is 42.0. The van der Waals surface area contributed by atoms with Crippen LogP contribution in [0.3, 0.4) is 0 Å². The predicted molar refractivity (Wildman–Crippen MR) is 46.1 cm³/mol. The lowest BCUT2D eigenvalue weighted by Gasteiger charge is -2.06. The lowest BCUT2D eigenvalue weighted by Crippen LogP contribution is -2.04. The second-order valence-electron chi connectivity index (χ2n) is 3.42. The zero-order valence-corrected chi connectivity index (χ0v) is 7.87. The number of hydrogen-bond acceptors (Lipinski definition) is 1. The van der Waals surface area contributed by atoms with Crippen LogP contribution in [0.4, 0.5) is 0 Å². The van der Waals surface area contributed by atoms with E-state index in [-0.39, 0.29) is 6.10 Å². The van der Waals surface area contributed by atoms with E-state index in [4.69, 9.17) is 27.9 Å². The van der Waals surface area contributed by atoms with Crippen molar-refractivity contribution in [3.05, 3.63) is 0 Å². The largest absolute Gasteiger partial charge is 0.375 e. The molecular weight excluding hydrogens is 183 g/mol. The number of hydrogen-bond donors (Lipinski definition) is 0. The zero-order valence-electron chi connectivity index (χ0n) is 6.35. The van der Waals surface area contributed by atoms with E-state index in [0.717, 1.165) is 19.4 Å². The molecule has 0 unspecified atom stereocenters. The SMILES string of the molecule is ClC1(Cl)[C@@H]2CCCCCO[C@H]21. The molecular formula is C8H12Cl2O. The van der Waals surface area contributed by atoms with Crippen LogP contribution in [0, 0.1) is 5.92 Å².